The van der Waals surface area contributed by atoms with Crippen LogP contribution in [0.1, 0.15) is 44.3 Å². The molecule has 0 aromatic carbocycles. The Bertz CT molecular complexity index is 500. The van der Waals surface area contributed by atoms with E-state index in [1.54, 1.807) is 6.07 Å². The molecule has 0 radical (unpaired) electrons. The van der Waals surface area contributed by atoms with Crippen molar-refractivity contribution in [3.63, 3.8) is 0 Å². The van der Waals surface area contributed by atoms with E-state index in [9.17, 15) is 4.79 Å². The number of aromatic amines is 1. The molecule has 1 aliphatic carbocycles. The molecule has 1 saturated heterocycles. The van der Waals surface area contributed by atoms with Crippen molar-refractivity contribution in [3.05, 3.63) is 22.2 Å². The molecule has 2 heterocycles. The van der Waals surface area contributed by atoms with Crippen LogP contribution < -0.4 is 16.2 Å². The summed E-state index contributed by atoms with van der Waals surface area (Å²) in [5.41, 5.74) is 6.10. The van der Waals surface area contributed by atoms with Crippen molar-refractivity contribution in [1.82, 2.24) is 9.97 Å². The van der Waals surface area contributed by atoms with Crippen molar-refractivity contribution < 1.29 is 0 Å². The highest BCUT2D eigenvalue weighted by Crippen LogP contribution is 2.38. The number of rotatable bonds is 4. The van der Waals surface area contributed by atoms with Crippen molar-refractivity contribution in [3.8, 4) is 0 Å². The Hall–Kier alpha value is -1.36. The fraction of sp³-hybridized carbons (Fsp3) is 0.692. The van der Waals surface area contributed by atoms with Crippen LogP contribution in [0.25, 0.3) is 0 Å². The van der Waals surface area contributed by atoms with Gasteiger partial charge in [-0.05, 0) is 19.3 Å². The van der Waals surface area contributed by atoms with Gasteiger partial charge in [-0.1, -0.05) is 13.3 Å². The molecule has 0 spiro atoms. The van der Waals surface area contributed by atoms with Gasteiger partial charge in [0.15, 0.2) is 0 Å². The molecule has 3 N–H and O–H groups in total. The number of H-pyrrole nitrogens is 1. The first-order valence-electron chi connectivity index (χ1n) is 6.75. The van der Waals surface area contributed by atoms with Crippen LogP contribution in [0.3, 0.4) is 0 Å². The summed E-state index contributed by atoms with van der Waals surface area (Å²) < 4.78 is 0. The first-order chi connectivity index (χ1) is 8.59. The summed E-state index contributed by atoms with van der Waals surface area (Å²) in [7, 11) is 0. The van der Waals surface area contributed by atoms with Crippen molar-refractivity contribution in [2.24, 2.45) is 5.73 Å². The van der Waals surface area contributed by atoms with Gasteiger partial charge in [0.25, 0.3) is 5.56 Å². The van der Waals surface area contributed by atoms with Crippen molar-refractivity contribution in [2.45, 2.75) is 44.1 Å². The van der Waals surface area contributed by atoms with Crippen molar-refractivity contribution >= 4 is 5.82 Å². The van der Waals surface area contributed by atoms with Crippen LogP contribution in [-0.2, 0) is 0 Å². The van der Waals surface area contributed by atoms with Crippen LogP contribution >= 0.6 is 0 Å². The molecule has 98 valence electrons. The zero-order chi connectivity index (χ0) is 12.8. The van der Waals surface area contributed by atoms with Crippen LogP contribution in [0.5, 0.6) is 0 Å². The normalized spacial score (nSPS) is 21.8. The molecule has 0 bridgehead atoms. The number of hydrogen-bond donors (Lipinski definition) is 2. The lowest BCUT2D eigenvalue weighted by Crippen LogP contribution is -2.67. The number of nitrogens with two attached hydrogens (primary N) is 1. The maximum atomic E-state index is 11.6. The smallest absolute Gasteiger partial charge is 0.252 e. The predicted octanol–water partition coefficient (Wildman–Crippen LogP) is 0.965. The molecule has 3 rings (SSSR count). The Morgan fingerprint density at radius 2 is 2.28 bits per heavy atom. The molecule has 5 nitrogen and oxygen atoms in total. The highest BCUT2D eigenvalue weighted by Gasteiger charge is 2.39. The lowest BCUT2D eigenvalue weighted by atomic mass is 9.86. The van der Waals surface area contributed by atoms with Crippen LogP contribution in [0.4, 0.5) is 5.82 Å². The molecule has 2 fully saturated rings. The first-order valence-corrected chi connectivity index (χ1v) is 6.75. The first kappa shape index (κ1) is 11.7. The third-order valence-corrected chi connectivity index (χ3v) is 3.79. The Morgan fingerprint density at radius 3 is 2.89 bits per heavy atom. The molecule has 0 unspecified atom stereocenters. The van der Waals surface area contributed by atoms with Crippen molar-refractivity contribution in [2.75, 3.05) is 18.0 Å². The second-order valence-corrected chi connectivity index (χ2v) is 5.73. The maximum absolute atomic E-state index is 11.6. The lowest BCUT2D eigenvalue weighted by Gasteiger charge is -2.48. The van der Waals surface area contributed by atoms with Gasteiger partial charge in [0.05, 0.1) is 5.54 Å². The highest BCUT2D eigenvalue weighted by atomic mass is 16.1. The largest absolute Gasteiger partial charge is 0.353 e. The van der Waals surface area contributed by atoms with E-state index in [0.717, 1.165) is 50.4 Å². The van der Waals surface area contributed by atoms with E-state index >= 15 is 0 Å². The van der Waals surface area contributed by atoms with Gasteiger partial charge in [-0.25, -0.2) is 4.98 Å². The second kappa shape index (κ2) is 4.09. The number of hydrogen-bond acceptors (Lipinski definition) is 4. The fourth-order valence-electron chi connectivity index (χ4n) is 2.71. The Kier molecular flexibility index (Phi) is 2.66. The predicted molar refractivity (Wildman–Crippen MR) is 70.9 cm³/mol. The molecule has 1 saturated carbocycles. The van der Waals surface area contributed by atoms with Crippen molar-refractivity contribution in [1.29, 1.82) is 0 Å². The van der Waals surface area contributed by atoms with Gasteiger partial charge in [0.1, 0.15) is 11.6 Å². The van der Waals surface area contributed by atoms with Gasteiger partial charge in [-0.15, -0.1) is 0 Å². The van der Waals surface area contributed by atoms with E-state index in [2.05, 4.69) is 21.8 Å². The fourth-order valence-corrected chi connectivity index (χ4v) is 2.71. The SMILES string of the molecule is CCCC1(N)CN(c2cc(=O)[nH]c(C3CC3)n2)C1. The maximum Gasteiger partial charge on any atom is 0.252 e. The molecule has 0 amide bonds. The Morgan fingerprint density at radius 1 is 1.56 bits per heavy atom. The van der Waals surface area contributed by atoms with Gasteiger partial charge in [0.2, 0.25) is 0 Å². The van der Waals surface area contributed by atoms with Gasteiger partial charge >= 0.3 is 0 Å². The molecule has 1 aromatic rings. The average molecular weight is 248 g/mol. The number of anilines is 1. The summed E-state index contributed by atoms with van der Waals surface area (Å²) in [6.07, 6.45) is 4.41. The van der Waals surface area contributed by atoms with Gasteiger partial charge in [-0.3, -0.25) is 4.79 Å². The standard InChI is InChI=1S/C13H20N4O/c1-2-5-13(14)7-17(8-13)10-6-11(18)16-12(15-10)9-3-4-9/h6,9H,2-5,7-8,14H2,1H3,(H,15,16,18). The molecule has 1 aromatic heterocycles. The van der Waals surface area contributed by atoms with E-state index in [0.29, 0.717) is 5.92 Å². The van der Waals surface area contributed by atoms with E-state index in [-0.39, 0.29) is 11.1 Å². The number of nitrogens with zero attached hydrogens (tertiary/aromatic N) is 2. The van der Waals surface area contributed by atoms with Gasteiger partial charge < -0.3 is 15.6 Å². The third kappa shape index (κ3) is 2.14. The van der Waals surface area contributed by atoms with Crippen LogP contribution in [0.2, 0.25) is 0 Å². The minimum Gasteiger partial charge on any atom is -0.353 e. The number of nitrogens with one attached hydrogen (secondary N) is 1. The molecule has 0 atom stereocenters. The van der Waals surface area contributed by atoms with Gasteiger partial charge in [0, 0.05) is 25.1 Å². The zero-order valence-corrected chi connectivity index (χ0v) is 10.8. The highest BCUT2D eigenvalue weighted by molar-refractivity contribution is 5.44. The second-order valence-electron chi connectivity index (χ2n) is 5.73. The average Bonchev–Trinajstić information content (AvgIpc) is 3.08. The topological polar surface area (TPSA) is 75.0 Å². The minimum atomic E-state index is -0.0845. The summed E-state index contributed by atoms with van der Waals surface area (Å²) in [4.78, 5) is 21.1. The van der Waals surface area contributed by atoms with Crippen LogP contribution in [0.15, 0.2) is 10.9 Å². The quantitative estimate of drug-likeness (QED) is 0.832. The van der Waals surface area contributed by atoms with Crippen LogP contribution in [-0.4, -0.2) is 28.6 Å². The summed E-state index contributed by atoms with van der Waals surface area (Å²) in [6, 6.07) is 1.58. The molecule has 18 heavy (non-hydrogen) atoms. The third-order valence-electron chi connectivity index (χ3n) is 3.79. The molecule has 5 heteroatoms. The van der Waals surface area contributed by atoms with Gasteiger partial charge in [-0.2, -0.15) is 0 Å². The van der Waals surface area contributed by atoms with E-state index in [1.165, 1.54) is 0 Å². The molecular weight excluding hydrogens is 228 g/mol. The van der Waals surface area contributed by atoms with Crippen LogP contribution in [0, 0.1) is 0 Å². The van der Waals surface area contributed by atoms with E-state index < -0.39 is 0 Å². The summed E-state index contributed by atoms with van der Waals surface area (Å²) >= 11 is 0. The summed E-state index contributed by atoms with van der Waals surface area (Å²) in [5.74, 6) is 2.11. The Labute approximate surface area is 106 Å². The Balaban J connectivity index is 1.76. The molecule has 1 aliphatic heterocycles. The minimum absolute atomic E-state index is 0.0492. The van der Waals surface area contributed by atoms with E-state index in [1.807, 2.05) is 0 Å². The monoisotopic (exact) mass is 248 g/mol. The van der Waals surface area contributed by atoms with E-state index in [4.69, 9.17) is 5.73 Å². The number of aromatic nitrogens is 2. The summed E-state index contributed by atoms with van der Waals surface area (Å²) in [6.45, 7) is 3.76. The lowest BCUT2D eigenvalue weighted by molar-refractivity contribution is 0.305. The summed E-state index contributed by atoms with van der Waals surface area (Å²) in [5, 5.41) is 0. The zero-order valence-electron chi connectivity index (χ0n) is 10.8. The molecular formula is C13H20N4O. The molecule has 2 aliphatic rings.